The molecule has 1 aromatic carbocycles. The zero-order valence-corrected chi connectivity index (χ0v) is 9.83. The summed E-state index contributed by atoms with van der Waals surface area (Å²) in [6.45, 7) is 1.23. The van der Waals surface area contributed by atoms with Crippen LogP contribution in [-0.4, -0.2) is 15.6 Å². The predicted octanol–water partition coefficient (Wildman–Crippen LogP) is 2.80. The molecule has 0 aliphatic carbocycles. The van der Waals surface area contributed by atoms with E-state index in [1.807, 2.05) is 0 Å². The van der Waals surface area contributed by atoms with Crippen LogP contribution in [0.15, 0.2) is 24.3 Å². The molecule has 2 rings (SSSR count). The van der Waals surface area contributed by atoms with Gasteiger partial charge in [0.05, 0.1) is 4.55 Å². The van der Waals surface area contributed by atoms with Crippen molar-refractivity contribution in [3.05, 3.63) is 29.8 Å². The molecule has 0 radical (unpaired) electrons. The van der Waals surface area contributed by atoms with Gasteiger partial charge in [0.25, 0.3) is 0 Å². The van der Waals surface area contributed by atoms with E-state index < -0.39 is 0 Å². The first-order chi connectivity index (χ1) is 6.42. The van der Waals surface area contributed by atoms with E-state index in [2.05, 4.69) is 33.7 Å². The summed E-state index contributed by atoms with van der Waals surface area (Å²) in [5.41, 5.74) is 2.98. The summed E-state index contributed by atoms with van der Waals surface area (Å²) in [5, 5.41) is 0. The second-order valence-corrected chi connectivity index (χ2v) is 5.07. The van der Waals surface area contributed by atoms with E-state index in [-0.39, 0.29) is 20.7 Å². The first-order valence-electron chi connectivity index (χ1n) is 4.57. The van der Waals surface area contributed by atoms with E-state index in [9.17, 15) is 0 Å². The quantitative estimate of drug-likeness (QED) is 0.459. The first-order valence-corrected chi connectivity index (χ1v) is 7.62. The highest BCUT2D eigenvalue weighted by Crippen LogP contribution is 2.27. The fourth-order valence-corrected chi connectivity index (χ4v) is 3.13. The number of nitrogens with zero attached hydrogens (tertiary/aromatic N) is 1. The molecule has 0 saturated heterocycles. The Bertz CT molecular complexity index is 309. The fourth-order valence-electron chi connectivity index (χ4n) is 1.84. The third-order valence-electron chi connectivity index (χ3n) is 2.44. The third-order valence-corrected chi connectivity index (χ3v) is 3.74. The van der Waals surface area contributed by atoms with Gasteiger partial charge in [-0.2, -0.15) is 0 Å². The van der Waals surface area contributed by atoms with E-state index in [0.717, 1.165) is 0 Å². The van der Waals surface area contributed by atoms with Crippen molar-refractivity contribution in [1.29, 1.82) is 0 Å². The van der Waals surface area contributed by atoms with Crippen molar-refractivity contribution in [2.24, 2.45) is 0 Å². The minimum absolute atomic E-state index is 0.132. The van der Waals surface area contributed by atoms with Crippen LogP contribution in [0.1, 0.15) is 12.0 Å². The summed E-state index contributed by atoms with van der Waals surface area (Å²) in [6, 6.07) is 8.77. The van der Waals surface area contributed by atoms with Gasteiger partial charge in [0.2, 0.25) is 0 Å². The zero-order chi connectivity index (χ0) is 9.10. The van der Waals surface area contributed by atoms with Gasteiger partial charge in [-0.1, -0.05) is 22.7 Å². The van der Waals surface area contributed by atoms with Crippen molar-refractivity contribution < 1.29 is 0 Å². The average Bonchev–Trinajstić information content (AvgIpc) is 2.19. The molecule has 0 saturated carbocycles. The molecule has 0 N–H and O–H groups in total. The molecule has 0 fully saturated rings. The van der Waals surface area contributed by atoms with Crippen molar-refractivity contribution in [3.63, 3.8) is 0 Å². The standard InChI is InChI=1S/C11H14IN/c1-12-9-13-8-4-6-10-5-2-3-7-11(10)13/h2-3,5,7H,1,4,6,8-9H2. The largest absolute Gasteiger partial charge is 0.363 e. The van der Waals surface area contributed by atoms with Crippen molar-refractivity contribution in [2.75, 3.05) is 16.0 Å². The maximum Gasteiger partial charge on any atom is 0.0646 e. The molecule has 1 aromatic rings. The number of halogens is 1. The minimum Gasteiger partial charge on any atom is -0.363 e. The van der Waals surface area contributed by atoms with Crippen LogP contribution in [-0.2, 0) is 6.42 Å². The summed E-state index contributed by atoms with van der Waals surface area (Å²) >= 11 is 0.132. The zero-order valence-electron chi connectivity index (χ0n) is 7.67. The van der Waals surface area contributed by atoms with Crippen LogP contribution in [0.5, 0.6) is 0 Å². The van der Waals surface area contributed by atoms with Crippen LogP contribution in [0.4, 0.5) is 5.69 Å². The first kappa shape index (κ1) is 9.19. The van der Waals surface area contributed by atoms with Gasteiger partial charge in [0, 0.05) is 12.2 Å². The van der Waals surface area contributed by atoms with Crippen LogP contribution in [0.25, 0.3) is 0 Å². The molecule has 0 atom stereocenters. The van der Waals surface area contributed by atoms with Gasteiger partial charge < -0.3 is 4.90 Å². The highest BCUT2D eigenvalue weighted by atomic mass is 127. The normalized spacial score (nSPS) is 15.5. The number of para-hydroxylation sites is 1. The topological polar surface area (TPSA) is 3.24 Å². The lowest BCUT2D eigenvalue weighted by atomic mass is 10.0. The lowest BCUT2D eigenvalue weighted by Gasteiger charge is -2.29. The molecule has 1 aliphatic heterocycles. The maximum atomic E-state index is 4.02. The van der Waals surface area contributed by atoms with Gasteiger partial charge in [-0.15, -0.1) is 20.7 Å². The second-order valence-electron chi connectivity index (χ2n) is 3.30. The predicted molar refractivity (Wildman–Crippen MR) is 68.1 cm³/mol. The van der Waals surface area contributed by atoms with Crippen LogP contribution in [0.2, 0.25) is 0 Å². The Hall–Kier alpha value is -0.380. The lowest BCUT2D eigenvalue weighted by Crippen LogP contribution is -2.27. The molecule has 70 valence electrons. The van der Waals surface area contributed by atoms with Gasteiger partial charge in [-0.05, 0) is 24.5 Å². The second kappa shape index (κ2) is 4.22. The number of aryl methyl sites for hydroxylation is 1. The summed E-state index contributed by atoms with van der Waals surface area (Å²) in [7, 11) is 0. The fraction of sp³-hybridized carbons (Fsp3) is 0.364. The number of hydrogen-bond donors (Lipinski definition) is 0. The van der Waals surface area contributed by atoms with Crippen molar-refractivity contribution in [3.8, 4) is 0 Å². The number of alkyl halides is 1. The van der Waals surface area contributed by atoms with E-state index in [1.165, 1.54) is 35.2 Å². The molecular weight excluding hydrogens is 273 g/mol. The molecule has 13 heavy (non-hydrogen) atoms. The molecule has 1 heterocycles. The van der Waals surface area contributed by atoms with Gasteiger partial charge in [-0.25, -0.2) is 0 Å². The number of anilines is 1. The summed E-state index contributed by atoms with van der Waals surface area (Å²) in [6.07, 6.45) is 2.56. The number of hydrogen-bond acceptors (Lipinski definition) is 1. The van der Waals surface area contributed by atoms with E-state index >= 15 is 0 Å². The van der Waals surface area contributed by atoms with Crippen LogP contribution < -0.4 is 4.90 Å². The number of fused-ring (bicyclic) bond motifs is 1. The Morgan fingerprint density at radius 1 is 1.38 bits per heavy atom. The molecule has 0 aromatic heterocycles. The summed E-state index contributed by atoms with van der Waals surface area (Å²) in [4.78, 5) is 2.50. The summed E-state index contributed by atoms with van der Waals surface area (Å²) < 4.78 is 5.23. The monoisotopic (exact) mass is 287 g/mol. The SMILES string of the molecule is C=ICN1CCCc2ccccc21. The van der Waals surface area contributed by atoms with Crippen LogP contribution in [0.3, 0.4) is 0 Å². The molecule has 2 heteroatoms. The Morgan fingerprint density at radius 2 is 2.23 bits per heavy atom. The van der Waals surface area contributed by atoms with Gasteiger partial charge >= 0.3 is 0 Å². The molecular formula is C11H14IN. The van der Waals surface area contributed by atoms with E-state index in [0.29, 0.717) is 0 Å². The van der Waals surface area contributed by atoms with Gasteiger partial charge in [0.1, 0.15) is 0 Å². The molecule has 0 unspecified atom stereocenters. The van der Waals surface area contributed by atoms with Crippen molar-refractivity contribution in [2.45, 2.75) is 12.8 Å². The Labute approximate surface area is 89.5 Å². The highest BCUT2D eigenvalue weighted by molar-refractivity contribution is 14.2. The summed E-state index contributed by atoms with van der Waals surface area (Å²) in [5.74, 6) is 0. The Balaban J connectivity index is 2.31. The molecule has 0 bridgehead atoms. The molecule has 1 aliphatic rings. The van der Waals surface area contributed by atoms with Crippen LogP contribution in [0, 0.1) is 0 Å². The maximum absolute atomic E-state index is 4.02. The molecule has 0 amide bonds. The van der Waals surface area contributed by atoms with E-state index in [1.54, 1.807) is 0 Å². The highest BCUT2D eigenvalue weighted by Gasteiger charge is 2.14. The molecule has 0 spiro atoms. The Kier molecular flexibility index (Phi) is 2.98. The van der Waals surface area contributed by atoms with Crippen LogP contribution >= 0.6 is 20.7 Å². The smallest absolute Gasteiger partial charge is 0.0646 e. The minimum atomic E-state index is 0.132. The number of rotatable bonds is 2. The van der Waals surface area contributed by atoms with Gasteiger partial charge in [0.15, 0.2) is 0 Å². The van der Waals surface area contributed by atoms with Crippen molar-refractivity contribution in [1.82, 2.24) is 0 Å². The average molecular weight is 287 g/mol. The van der Waals surface area contributed by atoms with Crippen molar-refractivity contribution >= 4 is 30.9 Å². The van der Waals surface area contributed by atoms with E-state index in [4.69, 9.17) is 0 Å². The van der Waals surface area contributed by atoms with Gasteiger partial charge in [-0.3, -0.25) is 0 Å². The number of benzene rings is 1. The Morgan fingerprint density at radius 3 is 3.08 bits per heavy atom. The third kappa shape index (κ3) is 1.93. The lowest BCUT2D eigenvalue weighted by molar-refractivity contribution is 0.741. The molecule has 1 nitrogen and oxygen atoms in total.